The smallest absolute Gasteiger partial charge is 0.225 e. The summed E-state index contributed by atoms with van der Waals surface area (Å²) in [6, 6.07) is 7.91. The average molecular weight is 258 g/mol. The molecule has 3 rings (SSSR count). The maximum absolute atomic E-state index is 12.5. The summed E-state index contributed by atoms with van der Waals surface area (Å²) >= 11 is 0. The van der Waals surface area contributed by atoms with Crippen LogP contribution in [0.5, 0.6) is 0 Å². The van der Waals surface area contributed by atoms with Gasteiger partial charge in [0.2, 0.25) is 5.91 Å². The van der Waals surface area contributed by atoms with Gasteiger partial charge < -0.3 is 10.6 Å². The van der Waals surface area contributed by atoms with Gasteiger partial charge in [0.15, 0.2) is 0 Å². The van der Waals surface area contributed by atoms with E-state index in [0.717, 1.165) is 35.9 Å². The van der Waals surface area contributed by atoms with Crippen molar-refractivity contribution in [1.29, 1.82) is 0 Å². The van der Waals surface area contributed by atoms with Crippen molar-refractivity contribution in [1.82, 2.24) is 4.90 Å². The number of fused-ring (bicyclic) bond motifs is 1. The van der Waals surface area contributed by atoms with E-state index in [0.29, 0.717) is 5.91 Å². The van der Waals surface area contributed by atoms with Crippen molar-refractivity contribution in [3.63, 3.8) is 0 Å². The molecule has 3 heteroatoms. The predicted octanol–water partition coefficient (Wildman–Crippen LogP) is 2.83. The SMILES string of the molecule is CC(c1cccc(N)c1)N(C)C(=O)C1CC2CC2C1. The molecule has 102 valence electrons. The molecule has 1 amide bonds. The second kappa shape index (κ2) is 4.55. The van der Waals surface area contributed by atoms with Crippen LogP contribution in [0.2, 0.25) is 0 Å². The van der Waals surface area contributed by atoms with E-state index in [1.807, 2.05) is 36.2 Å². The van der Waals surface area contributed by atoms with Gasteiger partial charge in [0, 0.05) is 18.7 Å². The first-order valence-electron chi connectivity index (χ1n) is 7.18. The molecular weight excluding hydrogens is 236 g/mol. The fourth-order valence-corrected chi connectivity index (χ4v) is 3.44. The number of amides is 1. The molecule has 3 nitrogen and oxygen atoms in total. The molecule has 1 aromatic rings. The Labute approximate surface area is 114 Å². The molecule has 0 spiro atoms. The number of nitrogen functional groups attached to an aromatic ring is 1. The zero-order valence-electron chi connectivity index (χ0n) is 11.7. The average Bonchev–Trinajstić information content (AvgIpc) is 3.02. The number of carbonyl (C=O) groups is 1. The zero-order valence-corrected chi connectivity index (χ0v) is 11.7. The number of rotatable bonds is 3. The summed E-state index contributed by atoms with van der Waals surface area (Å²) in [5, 5.41) is 0. The van der Waals surface area contributed by atoms with Crippen LogP contribution >= 0.6 is 0 Å². The van der Waals surface area contributed by atoms with Crippen molar-refractivity contribution in [2.45, 2.75) is 32.2 Å². The van der Waals surface area contributed by atoms with Crippen LogP contribution in [-0.2, 0) is 4.79 Å². The largest absolute Gasteiger partial charge is 0.399 e. The van der Waals surface area contributed by atoms with Gasteiger partial charge in [-0.05, 0) is 55.7 Å². The first-order valence-corrected chi connectivity index (χ1v) is 7.18. The third-order valence-electron chi connectivity index (χ3n) is 4.91. The highest BCUT2D eigenvalue weighted by atomic mass is 16.2. The van der Waals surface area contributed by atoms with E-state index in [2.05, 4.69) is 6.92 Å². The predicted molar refractivity (Wildman–Crippen MR) is 76.4 cm³/mol. The maximum Gasteiger partial charge on any atom is 0.225 e. The molecule has 2 aliphatic rings. The molecule has 0 radical (unpaired) electrons. The lowest BCUT2D eigenvalue weighted by Crippen LogP contribution is -2.34. The minimum Gasteiger partial charge on any atom is -0.399 e. The maximum atomic E-state index is 12.5. The molecule has 0 bridgehead atoms. The van der Waals surface area contributed by atoms with Gasteiger partial charge >= 0.3 is 0 Å². The molecule has 2 N–H and O–H groups in total. The highest BCUT2D eigenvalue weighted by molar-refractivity contribution is 5.79. The summed E-state index contributed by atoms with van der Waals surface area (Å²) in [7, 11) is 1.92. The summed E-state index contributed by atoms with van der Waals surface area (Å²) in [6.07, 6.45) is 3.58. The van der Waals surface area contributed by atoms with Gasteiger partial charge in [-0.2, -0.15) is 0 Å². The highest BCUT2D eigenvalue weighted by Gasteiger charge is 2.48. The van der Waals surface area contributed by atoms with Gasteiger partial charge in [-0.25, -0.2) is 0 Å². The Balaban J connectivity index is 1.68. The minimum atomic E-state index is 0.0907. The van der Waals surface area contributed by atoms with Crippen LogP contribution in [0, 0.1) is 17.8 Å². The summed E-state index contributed by atoms with van der Waals surface area (Å²) in [5.74, 6) is 2.27. The van der Waals surface area contributed by atoms with E-state index < -0.39 is 0 Å². The van der Waals surface area contributed by atoms with Crippen LogP contribution in [0.3, 0.4) is 0 Å². The van der Waals surface area contributed by atoms with E-state index in [4.69, 9.17) is 5.73 Å². The standard InChI is InChI=1S/C16H22N2O/c1-10(11-4-3-5-15(17)9-11)18(2)16(19)14-7-12-6-13(12)8-14/h3-5,9-10,12-14H,6-8,17H2,1-2H3. The second-order valence-corrected chi connectivity index (χ2v) is 6.22. The van der Waals surface area contributed by atoms with Crippen LogP contribution in [-0.4, -0.2) is 17.9 Å². The van der Waals surface area contributed by atoms with Crippen LogP contribution in [0.25, 0.3) is 0 Å². The van der Waals surface area contributed by atoms with Crippen molar-refractivity contribution in [3.05, 3.63) is 29.8 Å². The van der Waals surface area contributed by atoms with Gasteiger partial charge in [0.05, 0.1) is 6.04 Å². The Hall–Kier alpha value is -1.51. The van der Waals surface area contributed by atoms with E-state index in [1.165, 1.54) is 6.42 Å². The molecule has 3 unspecified atom stereocenters. The van der Waals surface area contributed by atoms with E-state index in [1.54, 1.807) is 0 Å². The van der Waals surface area contributed by atoms with Crippen LogP contribution in [0.1, 0.15) is 37.8 Å². The van der Waals surface area contributed by atoms with Crippen molar-refractivity contribution >= 4 is 11.6 Å². The molecular formula is C16H22N2O. The summed E-state index contributed by atoms with van der Waals surface area (Å²) in [4.78, 5) is 14.4. The van der Waals surface area contributed by atoms with Crippen LogP contribution in [0.4, 0.5) is 5.69 Å². The number of hydrogen-bond donors (Lipinski definition) is 1. The first kappa shape index (κ1) is 12.5. The molecule has 0 aromatic heterocycles. The molecule has 19 heavy (non-hydrogen) atoms. The molecule has 1 aromatic carbocycles. The van der Waals surface area contributed by atoms with Crippen LogP contribution < -0.4 is 5.73 Å². The molecule has 2 saturated carbocycles. The first-order chi connectivity index (χ1) is 9.06. The number of anilines is 1. The van der Waals surface area contributed by atoms with Gasteiger partial charge in [-0.3, -0.25) is 4.79 Å². The third kappa shape index (κ3) is 2.34. The number of nitrogens with zero attached hydrogens (tertiary/aromatic N) is 1. The summed E-state index contributed by atoms with van der Waals surface area (Å²) in [6.45, 7) is 2.07. The lowest BCUT2D eigenvalue weighted by molar-refractivity contribution is -0.136. The lowest BCUT2D eigenvalue weighted by Gasteiger charge is -2.28. The Morgan fingerprint density at radius 2 is 2.00 bits per heavy atom. The topological polar surface area (TPSA) is 46.3 Å². The number of benzene rings is 1. The van der Waals surface area contributed by atoms with E-state index >= 15 is 0 Å². The monoisotopic (exact) mass is 258 g/mol. The summed E-state index contributed by atoms with van der Waals surface area (Å²) in [5.41, 5.74) is 7.68. The fraction of sp³-hybridized carbons (Fsp3) is 0.562. The highest BCUT2D eigenvalue weighted by Crippen LogP contribution is 2.54. The van der Waals surface area contributed by atoms with Gasteiger partial charge in [0.25, 0.3) is 0 Å². The Kier molecular flexibility index (Phi) is 3.00. The van der Waals surface area contributed by atoms with Gasteiger partial charge in [-0.15, -0.1) is 0 Å². The third-order valence-corrected chi connectivity index (χ3v) is 4.91. The quantitative estimate of drug-likeness (QED) is 0.847. The molecule has 2 fully saturated rings. The minimum absolute atomic E-state index is 0.0907. The molecule has 0 heterocycles. The molecule has 0 saturated heterocycles. The number of nitrogens with two attached hydrogens (primary N) is 1. The van der Waals surface area contributed by atoms with Gasteiger partial charge in [-0.1, -0.05) is 12.1 Å². The number of carbonyl (C=O) groups excluding carboxylic acids is 1. The normalized spacial score (nSPS) is 29.7. The van der Waals surface area contributed by atoms with Crippen molar-refractivity contribution in [2.75, 3.05) is 12.8 Å². The van der Waals surface area contributed by atoms with Crippen molar-refractivity contribution in [3.8, 4) is 0 Å². The van der Waals surface area contributed by atoms with Crippen molar-refractivity contribution < 1.29 is 4.79 Å². The second-order valence-electron chi connectivity index (χ2n) is 6.22. The Morgan fingerprint density at radius 1 is 1.32 bits per heavy atom. The van der Waals surface area contributed by atoms with Crippen LogP contribution in [0.15, 0.2) is 24.3 Å². The zero-order chi connectivity index (χ0) is 13.6. The molecule has 2 aliphatic carbocycles. The van der Waals surface area contributed by atoms with E-state index in [9.17, 15) is 4.79 Å². The number of hydrogen-bond acceptors (Lipinski definition) is 2. The Bertz CT molecular complexity index is 489. The summed E-state index contributed by atoms with van der Waals surface area (Å²) < 4.78 is 0. The molecule has 0 aliphatic heterocycles. The fourth-order valence-electron chi connectivity index (χ4n) is 3.44. The van der Waals surface area contributed by atoms with E-state index in [-0.39, 0.29) is 12.0 Å². The van der Waals surface area contributed by atoms with Crippen molar-refractivity contribution in [2.24, 2.45) is 17.8 Å². The van der Waals surface area contributed by atoms with Gasteiger partial charge in [0.1, 0.15) is 0 Å². The lowest BCUT2D eigenvalue weighted by atomic mass is 9.99. The molecule has 3 atom stereocenters. The Morgan fingerprint density at radius 3 is 2.63 bits per heavy atom.